The van der Waals surface area contributed by atoms with Crippen molar-refractivity contribution < 1.29 is 22.5 Å². The minimum absolute atomic E-state index is 0.0617. The molecule has 0 bridgehead atoms. The lowest BCUT2D eigenvalue weighted by Crippen LogP contribution is -2.14. The first kappa shape index (κ1) is 17.8. The van der Waals surface area contributed by atoms with Gasteiger partial charge in [0.25, 0.3) is 10.1 Å². The number of halogens is 1. The molecule has 2 rings (SSSR count). The van der Waals surface area contributed by atoms with E-state index in [2.05, 4.69) is 4.74 Å². The SMILES string of the molecule is COC(=O)c1c(N)c(C#N)cn1-c1cc(Cl)c(C)cc1S(=O)(=O)O. The summed E-state index contributed by atoms with van der Waals surface area (Å²) in [7, 11) is -3.53. The molecular weight excluding hydrogens is 358 g/mol. The Hall–Kier alpha value is -2.54. The lowest BCUT2D eigenvalue weighted by Gasteiger charge is -2.13. The lowest BCUT2D eigenvalue weighted by atomic mass is 10.2. The van der Waals surface area contributed by atoms with E-state index in [1.165, 1.54) is 6.07 Å². The molecule has 126 valence electrons. The topological polar surface area (TPSA) is 135 Å². The Morgan fingerprint density at radius 3 is 2.58 bits per heavy atom. The monoisotopic (exact) mass is 369 g/mol. The molecule has 0 unspecified atom stereocenters. The molecule has 1 aromatic carbocycles. The molecule has 0 saturated carbocycles. The summed E-state index contributed by atoms with van der Waals surface area (Å²) in [6, 6.07) is 4.18. The van der Waals surface area contributed by atoms with Crippen molar-refractivity contribution in [1.82, 2.24) is 4.57 Å². The van der Waals surface area contributed by atoms with E-state index in [0.29, 0.717) is 5.56 Å². The van der Waals surface area contributed by atoms with Gasteiger partial charge in [-0.3, -0.25) is 4.55 Å². The number of aryl methyl sites for hydroxylation is 1. The van der Waals surface area contributed by atoms with Crippen LogP contribution in [-0.4, -0.2) is 30.6 Å². The van der Waals surface area contributed by atoms with Crippen LogP contribution in [-0.2, 0) is 14.9 Å². The van der Waals surface area contributed by atoms with Gasteiger partial charge in [-0.15, -0.1) is 0 Å². The van der Waals surface area contributed by atoms with Gasteiger partial charge >= 0.3 is 5.97 Å². The van der Waals surface area contributed by atoms with Crippen molar-refractivity contribution in [3.63, 3.8) is 0 Å². The second-order valence-corrected chi connectivity index (χ2v) is 6.62. The van der Waals surface area contributed by atoms with Gasteiger partial charge in [0.1, 0.15) is 11.0 Å². The highest BCUT2D eigenvalue weighted by molar-refractivity contribution is 7.86. The number of carbonyl (C=O) groups is 1. The van der Waals surface area contributed by atoms with Crippen LogP contribution in [0.3, 0.4) is 0 Å². The van der Waals surface area contributed by atoms with E-state index < -0.39 is 21.0 Å². The van der Waals surface area contributed by atoms with Crippen LogP contribution in [0.15, 0.2) is 23.2 Å². The maximum Gasteiger partial charge on any atom is 0.357 e. The third-order valence-electron chi connectivity index (χ3n) is 3.32. The van der Waals surface area contributed by atoms with E-state index in [0.717, 1.165) is 23.9 Å². The molecule has 1 heterocycles. The van der Waals surface area contributed by atoms with E-state index in [-0.39, 0.29) is 27.7 Å². The van der Waals surface area contributed by atoms with Crippen LogP contribution in [0, 0.1) is 18.3 Å². The van der Waals surface area contributed by atoms with E-state index in [4.69, 9.17) is 22.6 Å². The molecule has 0 aliphatic rings. The minimum Gasteiger partial charge on any atom is -0.464 e. The zero-order valence-electron chi connectivity index (χ0n) is 12.6. The number of aromatic nitrogens is 1. The molecular formula is C14H12ClN3O5S. The summed E-state index contributed by atoms with van der Waals surface area (Å²) in [4.78, 5) is 11.5. The standard InChI is InChI=1S/C14H12ClN3O5S/c1-7-3-11(24(20,21)22)10(4-9(7)15)18-6-8(5-16)12(17)13(18)14(19)23-2/h3-4,6H,17H2,1-2H3,(H,20,21,22). The molecule has 0 radical (unpaired) electrons. The first-order valence-electron chi connectivity index (χ1n) is 6.39. The van der Waals surface area contributed by atoms with Crippen molar-refractivity contribution in [2.24, 2.45) is 0 Å². The first-order valence-corrected chi connectivity index (χ1v) is 8.20. The Kier molecular flexibility index (Phi) is 4.57. The number of anilines is 1. The summed E-state index contributed by atoms with van der Waals surface area (Å²) in [5, 5.41) is 9.29. The summed E-state index contributed by atoms with van der Waals surface area (Å²) < 4.78 is 38.5. The number of carbonyl (C=O) groups excluding carboxylic acids is 1. The number of benzene rings is 1. The summed E-state index contributed by atoms with van der Waals surface area (Å²) in [5.41, 5.74) is 5.53. The number of hydrogen-bond acceptors (Lipinski definition) is 6. The maximum atomic E-state index is 12.0. The molecule has 0 atom stereocenters. The van der Waals surface area contributed by atoms with Gasteiger partial charge in [-0.25, -0.2) is 4.79 Å². The third kappa shape index (κ3) is 2.94. The number of nitrogens with zero attached hydrogens (tertiary/aromatic N) is 2. The molecule has 0 aliphatic heterocycles. The Balaban J connectivity index is 2.95. The Bertz CT molecular complexity index is 989. The highest BCUT2D eigenvalue weighted by atomic mass is 35.5. The second-order valence-electron chi connectivity index (χ2n) is 4.82. The number of esters is 1. The van der Waals surface area contributed by atoms with Crippen LogP contribution in [0.2, 0.25) is 5.02 Å². The fraction of sp³-hybridized carbons (Fsp3) is 0.143. The Morgan fingerprint density at radius 1 is 1.46 bits per heavy atom. The van der Waals surface area contributed by atoms with Gasteiger partial charge in [0.15, 0.2) is 5.69 Å². The predicted molar refractivity (Wildman–Crippen MR) is 85.8 cm³/mol. The van der Waals surface area contributed by atoms with Gasteiger partial charge in [0.2, 0.25) is 0 Å². The van der Waals surface area contributed by atoms with Crippen LogP contribution < -0.4 is 5.73 Å². The van der Waals surface area contributed by atoms with Crippen molar-refractivity contribution in [2.75, 3.05) is 12.8 Å². The maximum absolute atomic E-state index is 12.0. The van der Waals surface area contributed by atoms with Crippen molar-refractivity contribution in [3.8, 4) is 11.8 Å². The largest absolute Gasteiger partial charge is 0.464 e. The van der Waals surface area contributed by atoms with Crippen LogP contribution >= 0.6 is 11.6 Å². The minimum atomic E-state index is -4.64. The van der Waals surface area contributed by atoms with Crippen LogP contribution in [0.25, 0.3) is 5.69 Å². The average Bonchev–Trinajstić information content (AvgIpc) is 2.84. The van der Waals surface area contributed by atoms with Crippen LogP contribution in [0.5, 0.6) is 0 Å². The van der Waals surface area contributed by atoms with E-state index in [9.17, 15) is 17.8 Å². The van der Waals surface area contributed by atoms with Crippen molar-refractivity contribution in [3.05, 3.63) is 40.2 Å². The highest BCUT2D eigenvalue weighted by Gasteiger charge is 2.26. The van der Waals surface area contributed by atoms with Gasteiger partial charge in [-0.2, -0.15) is 13.7 Å². The average molecular weight is 370 g/mol. The molecule has 0 fully saturated rings. The molecule has 10 heteroatoms. The molecule has 1 aromatic heterocycles. The number of methoxy groups -OCH3 is 1. The van der Waals surface area contributed by atoms with Gasteiger partial charge in [0.05, 0.1) is 24.0 Å². The van der Waals surface area contributed by atoms with E-state index in [1.807, 2.05) is 0 Å². The third-order valence-corrected chi connectivity index (χ3v) is 4.61. The number of ether oxygens (including phenoxy) is 1. The first-order chi connectivity index (χ1) is 11.1. The smallest absolute Gasteiger partial charge is 0.357 e. The highest BCUT2D eigenvalue weighted by Crippen LogP contribution is 2.32. The van der Waals surface area contributed by atoms with Crippen LogP contribution in [0.1, 0.15) is 21.6 Å². The van der Waals surface area contributed by atoms with Gasteiger partial charge in [0, 0.05) is 11.2 Å². The molecule has 2 aromatic rings. The normalized spacial score (nSPS) is 11.1. The molecule has 3 N–H and O–H groups in total. The number of nitrogens with two attached hydrogens (primary N) is 1. The summed E-state index contributed by atoms with van der Waals surface area (Å²) in [5.74, 6) is -0.882. The lowest BCUT2D eigenvalue weighted by molar-refractivity contribution is 0.0593. The zero-order valence-corrected chi connectivity index (χ0v) is 14.1. The summed E-state index contributed by atoms with van der Waals surface area (Å²) in [6.07, 6.45) is 1.16. The number of nitriles is 1. The Labute approximate surface area is 142 Å². The quantitative estimate of drug-likeness (QED) is 0.623. The summed E-state index contributed by atoms with van der Waals surface area (Å²) in [6.45, 7) is 1.55. The Morgan fingerprint density at radius 2 is 2.08 bits per heavy atom. The molecule has 0 amide bonds. The number of rotatable bonds is 3. The fourth-order valence-electron chi connectivity index (χ4n) is 2.14. The van der Waals surface area contributed by atoms with E-state index >= 15 is 0 Å². The van der Waals surface area contributed by atoms with Crippen LogP contribution in [0.4, 0.5) is 5.69 Å². The van der Waals surface area contributed by atoms with Gasteiger partial charge in [-0.1, -0.05) is 11.6 Å². The molecule has 0 aliphatic carbocycles. The van der Waals surface area contributed by atoms with Crippen molar-refractivity contribution in [1.29, 1.82) is 5.26 Å². The molecule has 8 nitrogen and oxygen atoms in total. The van der Waals surface area contributed by atoms with E-state index in [1.54, 1.807) is 13.0 Å². The number of nitrogen functional groups attached to an aromatic ring is 1. The second kappa shape index (κ2) is 6.16. The van der Waals surface area contributed by atoms with Gasteiger partial charge in [-0.05, 0) is 24.6 Å². The number of hydrogen-bond donors (Lipinski definition) is 2. The molecule has 24 heavy (non-hydrogen) atoms. The zero-order chi connectivity index (χ0) is 18.2. The fourth-order valence-corrected chi connectivity index (χ4v) is 3.05. The molecule has 0 spiro atoms. The summed E-state index contributed by atoms with van der Waals surface area (Å²) >= 11 is 6.03. The predicted octanol–water partition coefficient (Wildman–Crippen LogP) is 1.93. The molecule has 0 saturated heterocycles. The van der Waals surface area contributed by atoms with Gasteiger partial charge < -0.3 is 15.0 Å². The van der Waals surface area contributed by atoms with Crippen molar-refractivity contribution in [2.45, 2.75) is 11.8 Å². The van der Waals surface area contributed by atoms with Crippen molar-refractivity contribution >= 4 is 33.4 Å².